The van der Waals surface area contributed by atoms with Crippen LogP contribution in [-0.4, -0.2) is 73.3 Å². The van der Waals surface area contributed by atoms with E-state index in [-0.39, 0.29) is 73.3 Å². The summed E-state index contributed by atoms with van der Waals surface area (Å²) in [4.78, 5) is 0. The van der Waals surface area contributed by atoms with Gasteiger partial charge in [-0.1, -0.05) is 269 Å². The summed E-state index contributed by atoms with van der Waals surface area (Å²) in [5.41, 5.74) is 21.7. The first-order chi connectivity index (χ1) is 53.4. The van der Waals surface area contributed by atoms with Gasteiger partial charge >= 0.3 is 28.5 Å². The number of aryl methyl sites for hydroxylation is 6. The van der Waals surface area contributed by atoms with Crippen LogP contribution in [0, 0.1) is 13.8 Å². The Morgan fingerprint density at radius 3 is 0.850 bits per heavy atom. The van der Waals surface area contributed by atoms with E-state index in [1.807, 2.05) is 0 Å². The smallest absolute Gasteiger partial charge is 0.399 e. The Morgan fingerprint density at radius 2 is 0.558 bits per heavy atom. The van der Waals surface area contributed by atoms with Crippen molar-refractivity contribution >= 4 is 82.2 Å². The van der Waals surface area contributed by atoms with Gasteiger partial charge in [0.1, 0.15) is 0 Å². The number of rotatable bonds is 28. The SMILES string of the molecule is CCCCCCc1cc(B2OC(C)(C)C(C)(C)O2)c(CCCCCC)cc1B1OC(C)(C)C(C)(C)O1.CCCCCCc1ccc(-c2cccc(C3(c4cccc(-c5ccc(CCCCCC)cc5)c4)c4cc(Br)ccc4-c4ccc(Br)cc43)c2)cc1.Cc1cc(B2OC(C)(C)C(C)(C)O2)c(C)cc1B1OC(C)(C)C(C)(C)O1. The summed E-state index contributed by atoms with van der Waals surface area (Å²) in [5, 5.41) is 0. The predicted molar refractivity (Wildman–Crippen MR) is 487 cm³/mol. The summed E-state index contributed by atoms with van der Waals surface area (Å²) in [6, 6.07) is 59.9. The van der Waals surface area contributed by atoms with Crippen molar-refractivity contribution in [1.82, 2.24) is 0 Å². The Labute approximate surface area is 701 Å². The molecule has 0 amide bonds. The molecule has 113 heavy (non-hydrogen) atoms. The number of fused-ring (bicyclic) bond motifs is 3. The summed E-state index contributed by atoms with van der Waals surface area (Å²) in [5.74, 6) is 0. The zero-order chi connectivity index (χ0) is 81.7. The average molecular weight is 1650 g/mol. The summed E-state index contributed by atoms with van der Waals surface area (Å²) in [6.07, 6.45) is 24.5. The molecule has 8 aromatic carbocycles. The quantitative estimate of drug-likeness (QED) is 0.0355. The minimum atomic E-state index is -0.511. The third kappa shape index (κ3) is 19.5. The molecule has 4 fully saturated rings. The molecule has 8 aromatic rings. The highest BCUT2D eigenvalue weighted by molar-refractivity contribution is 9.10. The van der Waals surface area contributed by atoms with Gasteiger partial charge in [-0.05, 0) is 312 Å². The lowest BCUT2D eigenvalue weighted by molar-refractivity contribution is 0.00578. The average Bonchev–Trinajstić information content (AvgIpc) is 1.54. The molecule has 5 aliphatic rings. The molecule has 0 bridgehead atoms. The minimum absolute atomic E-state index is 0.345. The molecule has 0 saturated carbocycles. The molecule has 4 saturated heterocycles. The Hall–Kier alpha value is -5.34. The Balaban J connectivity index is 0.000000178. The van der Waals surface area contributed by atoms with Crippen LogP contribution in [-0.2, 0) is 68.3 Å². The van der Waals surface area contributed by atoms with E-state index in [1.165, 1.54) is 192 Å². The molecule has 0 aromatic heterocycles. The van der Waals surface area contributed by atoms with Gasteiger partial charge in [-0.25, -0.2) is 0 Å². The molecule has 0 spiro atoms. The lowest BCUT2D eigenvalue weighted by Crippen LogP contribution is -2.43. The number of hydrogen-bond acceptors (Lipinski definition) is 8. The molecule has 0 N–H and O–H groups in total. The molecular weight excluding hydrogens is 1520 g/mol. The third-order valence-electron chi connectivity index (χ3n) is 26.5. The van der Waals surface area contributed by atoms with Crippen molar-refractivity contribution < 1.29 is 37.2 Å². The van der Waals surface area contributed by atoms with E-state index in [9.17, 15) is 0 Å². The second kappa shape index (κ2) is 36.5. The molecular formula is C99H132B4Br2O8. The number of unbranched alkanes of at least 4 members (excludes halogenated alkanes) is 12. The fraction of sp³-hybridized carbons (Fsp3) is 0.515. The standard InChI is InChI=1S/C49H48Br2.C30H52B2O4.C20H32B2O4/c1-3-5-7-9-13-35-19-23-37(24-20-35)39-15-11-17-41(31-39)49(47-33-43(50)27-29-45(47)46-30-28-44(51)34-48(46)49)42-18-12-16-40(32-42)38-25-21-36(22-26-38)14-10-8-6-4-2;1-11-13-15-17-19-23-21-26(32-35-29(7,8)30(9,10)36-32)24(20-18-16-14-12-2)22-25(23)31-33-27(3,4)28(5,6)34-31;1-13-11-16(22-25-19(7,8)20(9,10)26-22)14(2)12-15(13)21-23-17(3,4)18(5,6)24-21/h11-12,15-34H,3-10,13-14H2,1-2H3;21-22H,11-20H2,1-10H3;11-12H,1-10H3. The van der Waals surface area contributed by atoms with Crippen LogP contribution in [0.1, 0.15) is 297 Å². The van der Waals surface area contributed by atoms with Gasteiger partial charge in [0.2, 0.25) is 0 Å². The van der Waals surface area contributed by atoms with E-state index in [1.54, 1.807) is 0 Å². The van der Waals surface area contributed by atoms with Crippen molar-refractivity contribution in [3.05, 3.63) is 222 Å². The summed E-state index contributed by atoms with van der Waals surface area (Å²) >= 11 is 7.76. The van der Waals surface area contributed by atoms with E-state index < -0.39 is 5.41 Å². The van der Waals surface area contributed by atoms with Crippen LogP contribution < -0.4 is 21.9 Å². The van der Waals surface area contributed by atoms with E-state index in [0.29, 0.717) is 0 Å². The van der Waals surface area contributed by atoms with Crippen LogP contribution in [0.15, 0.2) is 167 Å². The molecule has 4 aliphatic heterocycles. The second-order valence-electron chi connectivity index (χ2n) is 37.1. The maximum atomic E-state index is 6.56. The van der Waals surface area contributed by atoms with Crippen LogP contribution in [0.2, 0.25) is 0 Å². The Morgan fingerprint density at radius 1 is 0.274 bits per heavy atom. The molecule has 1 aliphatic carbocycles. The first kappa shape index (κ1) is 88.5. The first-order valence-electron chi connectivity index (χ1n) is 43.1. The van der Waals surface area contributed by atoms with Crippen LogP contribution >= 0.6 is 31.9 Å². The van der Waals surface area contributed by atoms with Crippen molar-refractivity contribution in [2.75, 3.05) is 0 Å². The predicted octanol–water partition coefficient (Wildman–Crippen LogP) is 24.6. The largest absolute Gasteiger partial charge is 0.495 e. The third-order valence-corrected chi connectivity index (χ3v) is 27.5. The van der Waals surface area contributed by atoms with Gasteiger partial charge in [0.25, 0.3) is 0 Å². The van der Waals surface area contributed by atoms with Crippen LogP contribution in [0.5, 0.6) is 0 Å². The summed E-state index contributed by atoms with van der Waals surface area (Å²) in [7, 11) is -1.41. The van der Waals surface area contributed by atoms with Gasteiger partial charge in [0.15, 0.2) is 0 Å². The van der Waals surface area contributed by atoms with E-state index in [2.05, 4.69) is 342 Å². The van der Waals surface area contributed by atoms with Gasteiger partial charge in [-0.15, -0.1) is 0 Å². The van der Waals surface area contributed by atoms with Crippen LogP contribution in [0.25, 0.3) is 33.4 Å². The van der Waals surface area contributed by atoms with Gasteiger partial charge in [-0.2, -0.15) is 0 Å². The van der Waals surface area contributed by atoms with E-state index >= 15 is 0 Å². The molecule has 8 nitrogen and oxygen atoms in total. The lowest BCUT2D eigenvalue weighted by atomic mass is 9.67. The van der Waals surface area contributed by atoms with Crippen LogP contribution in [0.3, 0.4) is 0 Å². The number of hydrogen-bond donors (Lipinski definition) is 0. The van der Waals surface area contributed by atoms with Crippen molar-refractivity contribution in [3.8, 4) is 33.4 Å². The normalized spacial score (nSPS) is 18.7. The lowest BCUT2D eigenvalue weighted by Gasteiger charge is -2.34. The Bertz CT molecular complexity index is 4190. The molecule has 0 unspecified atom stereocenters. The minimum Gasteiger partial charge on any atom is -0.399 e. The van der Waals surface area contributed by atoms with Crippen molar-refractivity contribution in [3.63, 3.8) is 0 Å². The van der Waals surface area contributed by atoms with Crippen LogP contribution in [0.4, 0.5) is 0 Å². The zero-order valence-electron chi connectivity index (χ0n) is 73.0. The maximum absolute atomic E-state index is 6.56. The van der Waals surface area contributed by atoms with Crippen molar-refractivity contribution in [2.24, 2.45) is 0 Å². The molecule has 14 heteroatoms. The van der Waals surface area contributed by atoms with Crippen molar-refractivity contribution in [2.45, 2.75) is 331 Å². The number of halogens is 2. The summed E-state index contributed by atoms with van der Waals surface area (Å²) in [6.45, 7) is 47.0. The zero-order valence-corrected chi connectivity index (χ0v) is 76.2. The van der Waals surface area contributed by atoms with Gasteiger partial charge in [-0.3, -0.25) is 0 Å². The fourth-order valence-electron chi connectivity index (χ4n) is 16.5. The second-order valence-corrected chi connectivity index (χ2v) is 38.9. The van der Waals surface area contributed by atoms with Gasteiger partial charge < -0.3 is 37.2 Å². The molecule has 0 radical (unpaired) electrons. The highest BCUT2D eigenvalue weighted by Gasteiger charge is 2.57. The van der Waals surface area contributed by atoms with E-state index in [0.717, 1.165) is 56.7 Å². The molecule has 0 atom stereocenters. The molecule has 602 valence electrons. The highest BCUT2D eigenvalue weighted by atomic mass is 79.9. The molecule has 13 rings (SSSR count). The fourth-order valence-corrected chi connectivity index (χ4v) is 17.2. The molecule has 4 heterocycles. The maximum Gasteiger partial charge on any atom is 0.495 e. The first-order valence-corrected chi connectivity index (χ1v) is 44.7. The van der Waals surface area contributed by atoms with Gasteiger partial charge in [0, 0.05) is 8.95 Å². The summed E-state index contributed by atoms with van der Waals surface area (Å²) < 4.78 is 53.4. The van der Waals surface area contributed by atoms with Crippen molar-refractivity contribution in [1.29, 1.82) is 0 Å². The topological polar surface area (TPSA) is 73.8 Å². The van der Waals surface area contributed by atoms with Gasteiger partial charge in [0.05, 0.1) is 50.2 Å². The highest BCUT2D eigenvalue weighted by Crippen LogP contribution is 2.58. The van der Waals surface area contributed by atoms with E-state index in [4.69, 9.17) is 37.2 Å². The number of benzene rings is 8. The monoisotopic (exact) mass is 1650 g/mol. The Kier molecular flexibility index (Phi) is 28.6.